The standard InChI is InChI=1S/C29H19N5O2/c30-14-22-26(20-16-33-24-12-6-4-10-19(20)24)36-27(32)23(15-31)29(22)21-11-5-7-13-25(21)34(28(29)35)17-18-8-2-1-3-9-18/h1-13,16,33H,17,32H2/t29-/m1/s1. The number of H-pyrrole nitrogens is 1. The van der Waals surface area contributed by atoms with E-state index in [4.69, 9.17) is 10.5 Å². The van der Waals surface area contributed by atoms with E-state index in [1.807, 2.05) is 66.7 Å². The molecule has 0 aliphatic carbocycles. The molecule has 3 N–H and O–H groups in total. The lowest BCUT2D eigenvalue weighted by Gasteiger charge is -2.33. The number of para-hydroxylation sites is 2. The van der Waals surface area contributed by atoms with Crippen LogP contribution in [0.25, 0.3) is 16.7 Å². The number of nitrogens with zero attached hydrogens (tertiary/aromatic N) is 3. The summed E-state index contributed by atoms with van der Waals surface area (Å²) in [5, 5.41) is 21.6. The van der Waals surface area contributed by atoms with E-state index in [2.05, 4.69) is 17.1 Å². The van der Waals surface area contributed by atoms with Crippen LogP contribution in [0.5, 0.6) is 0 Å². The topological polar surface area (TPSA) is 119 Å². The van der Waals surface area contributed by atoms with Crippen molar-refractivity contribution in [3.05, 3.63) is 119 Å². The van der Waals surface area contributed by atoms with Crippen LogP contribution in [-0.4, -0.2) is 10.9 Å². The first-order valence-corrected chi connectivity index (χ1v) is 11.4. The third-order valence-corrected chi connectivity index (χ3v) is 6.84. The number of carbonyl (C=O) groups is 1. The van der Waals surface area contributed by atoms with Crippen LogP contribution >= 0.6 is 0 Å². The predicted octanol–water partition coefficient (Wildman–Crippen LogP) is 4.61. The average Bonchev–Trinajstić information content (AvgIpc) is 3.44. The molecule has 2 aliphatic heterocycles. The lowest BCUT2D eigenvalue weighted by atomic mass is 9.68. The van der Waals surface area contributed by atoms with Crippen LogP contribution in [0.2, 0.25) is 0 Å². The summed E-state index contributed by atoms with van der Waals surface area (Å²) in [4.78, 5) is 19.2. The molecule has 1 atom stereocenters. The highest BCUT2D eigenvalue weighted by atomic mass is 16.5. The van der Waals surface area contributed by atoms with Gasteiger partial charge in [-0.1, -0.05) is 66.7 Å². The average molecular weight is 470 g/mol. The zero-order chi connectivity index (χ0) is 24.9. The summed E-state index contributed by atoms with van der Waals surface area (Å²) in [7, 11) is 0. The minimum Gasteiger partial charge on any atom is -0.439 e. The number of aromatic nitrogens is 1. The maximum absolute atomic E-state index is 14.4. The highest BCUT2D eigenvalue weighted by Gasteiger charge is 2.60. The second-order valence-corrected chi connectivity index (χ2v) is 8.66. The normalized spacial score (nSPS) is 18.8. The van der Waals surface area contributed by atoms with E-state index >= 15 is 0 Å². The molecule has 0 bridgehead atoms. The first-order chi connectivity index (χ1) is 17.6. The summed E-state index contributed by atoms with van der Waals surface area (Å²) < 4.78 is 5.95. The molecule has 0 fully saturated rings. The fourth-order valence-corrected chi connectivity index (χ4v) is 5.27. The Morgan fingerprint density at radius 2 is 1.61 bits per heavy atom. The third kappa shape index (κ3) is 2.74. The molecule has 0 saturated heterocycles. The van der Waals surface area contributed by atoms with Crippen molar-refractivity contribution in [1.29, 1.82) is 10.5 Å². The molecule has 7 nitrogen and oxygen atoms in total. The van der Waals surface area contributed by atoms with Crippen LogP contribution in [0.3, 0.4) is 0 Å². The number of benzene rings is 3. The lowest BCUT2D eigenvalue weighted by Crippen LogP contribution is -2.45. The Morgan fingerprint density at radius 3 is 2.39 bits per heavy atom. The van der Waals surface area contributed by atoms with Gasteiger partial charge in [0.2, 0.25) is 11.8 Å². The van der Waals surface area contributed by atoms with Gasteiger partial charge in [-0.25, -0.2) is 0 Å². The van der Waals surface area contributed by atoms with Crippen LogP contribution in [0.1, 0.15) is 16.7 Å². The third-order valence-electron chi connectivity index (χ3n) is 6.84. The number of rotatable bonds is 3. The molecule has 172 valence electrons. The fourth-order valence-electron chi connectivity index (χ4n) is 5.27. The van der Waals surface area contributed by atoms with E-state index in [0.717, 1.165) is 16.5 Å². The summed E-state index contributed by atoms with van der Waals surface area (Å²) in [6, 6.07) is 28.7. The van der Waals surface area contributed by atoms with Crippen molar-refractivity contribution in [3.63, 3.8) is 0 Å². The molecule has 4 aromatic rings. The van der Waals surface area contributed by atoms with Crippen molar-refractivity contribution in [2.75, 3.05) is 4.90 Å². The van der Waals surface area contributed by atoms with E-state index in [9.17, 15) is 15.3 Å². The Kier molecular flexibility index (Phi) is 4.67. The lowest BCUT2D eigenvalue weighted by molar-refractivity contribution is -0.121. The molecule has 3 heterocycles. The zero-order valence-electron chi connectivity index (χ0n) is 19.0. The molecular weight excluding hydrogens is 450 g/mol. The Hall–Kier alpha value is -5.27. The van der Waals surface area contributed by atoms with E-state index in [1.165, 1.54) is 0 Å². The fraction of sp³-hybridized carbons (Fsp3) is 0.0690. The summed E-state index contributed by atoms with van der Waals surface area (Å²) >= 11 is 0. The van der Waals surface area contributed by atoms with Gasteiger partial charge in [0.1, 0.15) is 17.7 Å². The van der Waals surface area contributed by atoms with Gasteiger partial charge in [-0.3, -0.25) is 4.79 Å². The predicted molar refractivity (Wildman–Crippen MR) is 134 cm³/mol. The summed E-state index contributed by atoms with van der Waals surface area (Å²) in [6.45, 7) is 0.277. The summed E-state index contributed by atoms with van der Waals surface area (Å²) in [5.41, 5.74) is 8.06. The van der Waals surface area contributed by atoms with E-state index < -0.39 is 11.3 Å². The Labute approximate surface area is 206 Å². The van der Waals surface area contributed by atoms with Gasteiger partial charge in [0.25, 0.3) is 0 Å². The van der Waals surface area contributed by atoms with Gasteiger partial charge in [0, 0.05) is 33.9 Å². The molecular formula is C29H19N5O2. The van der Waals surface area contributed by atoms with Crippen LogP contribution in [-0.2, 0) is 21.5 Å². The van der Waals surface area contributed by atoms with E-state index in [1.54, 1.807) is 23.2 Å². The number of carbonyl (C=O) groups excluding carboxylic acids is 1. The van der Waals surface area contributed by atoms with Crippen molar-refractivity contribution in [2.45, 2.75) is 12.0 Å². The van der Waals surface area contributed by atoms with Crippen molar-refractivity contribution in [3.8, 4) is 12.1 Å². The number of amides is 1. The molecule has 0 saturated carbocycles. The number of fused-ring (bicyclic) bond motifs is 3. The van der Waals surface area contributed by atoms with E-state index in [0.29, 0.717) is 16.8 Å². The van der Waals surface area contributed by atoms with Crippen LogP contribution in [0, 0.1) is 22.7 Å². The van der Waals surface area contributed by atoms with E-state index in [-0.39, 0.29) is 29.3 Å². The smallest absolute Gasteiger partial charge is 0.248 e. The molecule has 6 rings (SSSR count). The zero-order valence-corrected chi connectivity index (χ0v) is 19.0. The van der Waals surface area contributed by atoms with Crippen molar-refractivity contribution >= 4 is 28.3 Å². The van der Waals surface area contributed by atoms with Crippen LogP contribution in [0.15, 0.2) is 102 Å². The van der Waals surface area contributed by atoms with Gasteiger partial charge < -0.3 is 20.4 Å². The minimum atomic E-state index is -1.72. The Balaban J connectivity index is 1.65. The molecule has 0 radical (unpaired) electrons. The first-order valence-electron chi connectivity index (χ1n) is 11.4. The number of hydrogen-bond acceptors (Lipinski definition) is 5. The molecule has 36 heavy (non-hydrogen) atoms. The summed E-state index contributed by atoms with van der Waals surface area (Å²) in [6.07, 6.45) is 1.72. The molecule has 0 unspecified atom stereocenters. The number of nitrogens with one attached hydrogen (secondary N) is 1. The quantitative estimate of drug-likeness (QED) is 0.454. The number of ether oxygens (including phenoxy) is 1. The van der Waals surface area contributed by atoms with Crippen LogP contribution < -0.4 is 10.6 Å². The molecule has 2 aliphatic rings. The largest absolute Gasteiger partial charge is 0.439 e. The number of hydrogen-bond donors (Lipinski definition) is 2. The van der Waals surface area contributed by atoms with Gasteiger partial charge >= 0.3 is 0 Å². The molecule has 7 heteroatoms. The molecule has 3 aromatic carbocycles. The summed E-state index contributed by atoms with van der Waals surface area (Å²) in [5.74, 6) is -0.443. The molecule has 1 aromatic heterocycles. The van der Waals surface area contributed by atoms with Crippen molar-refractivity contribution in [2.24, 2.45) is 5.73 Å². The monoisotopic (exact) mass is 469 g/mol. The highest BCUT2D eigenvalue weighted by molar-refractivity contribution is 6.15. The van der Waals surface area contributed by atoms with Gasteiger partial charge in [0.15, 0.2) is 11.2 Å². The number of nitriles is 2. The van der Waals surface area contributed by atoms with Gasteiger partial charge in [-0.05, 0) is 17.7 Å². The van der Waals surface area contributed by atoms with Gasteiger partial charge in [0.05, 0.1) is 12.1 Å². The Bertz CT molecular complexity index is 1700. The second kappa shape index (κ2) is 7.90. The minimum absolute atomic E-state index is 0.0333. The van der Waals surface area contributed by atoms with Crippen molar-refractivity contribution in [1.82, 2.24) is 4.98 Å². The molecule has 1 amide bonds. The SMILES string of the molecule is N#CC1=C(N)OC(c2c[nH]c3ccccc23)=C(C#N)[C@@]12C(=O)N(Cc1ccccc1)c1ccccc12. The maximum atomic E-state index is 14.4. The first kappa shape index (κ1) is 21.3. The highest BCUT2D eigenvalue weighted by Crippen LogP contribution is 2.55. The molecule has 1 spiro atoms. The number of aromatic amines is 1. The number of nitrogens with two attached hydrogens (primary N) is 1. The van der Waals surface area contributed by atoms with Gasteiger partial charge in [-0.2, -0.15) is 10.5 Å². The Morgan fingerprint density at radius 1 is 0.917 bits per heavy atom. The number of anilines is 1. The van der Waals surface area contributed by atoms with Crippen molar-refractivity contribution < 1.29 is 9.53 Å². The van der Waals surface area contributed by atoms with Gasteiger partial charge in [-0.15, -0.1) is 0 Å². The van der Waals surface area contributed by atoms with Crippen LogP contribution in [0.4, 0.5) is 5.69 Å². The second-order valence-electron chi connectivity index (χ2n) is 8.66. The maximum Gasteiger partial charge on any atom is 0.248 e.